The number of benzene rings is 3. The van der Waals surface area contributed by atoms with Gasteiger partial charge in [-0.1, -0.05) is 96.9 Å². The first-order chi connectivity index (χ1) is 11.9. The molecule has 0 aliphatic rings. The molecule has 0 heterocycles. The molecular weight excluding hydrogens is 288 g/mol. The van der Waals surface area contributed by atoms with Gasteiger partial charge in [-0.05, 0) is 36.1 Å². The van der Waals surface area contributed by atoms with Gasteiger partial charge in [0, 0.05) is 5.56 Å². The lowest BCUT2D eigenvalue weighted by Gasteiger charge is -1.96. The third-order valence-corrected chi connectivity index (χ3v) is 3.49. The van der Waals surface area contributed by atoms with Crippen LogP contribution >= 0.6 is 0 Å². The molecule has 0 aliphatic heterocycles. The lowest BCUT2D eigenvalue weighted by molar-refractivity contribution is 1.01. The van der Waals surface area contributed by atoms with E-state index in [0.717, 1.165) is 18.4 Å². The number of hydrogen-bond donors (Lipinski definition) is 0. The molecule has 0 aromatic heterocycles. The van der Waals surface area contributed by atoms with Gasteiger partial charge in [0.05, 0.1) is 0 Å². The predicted octanol–water partition coefficient (Wildman–Crippen LogP) is 6.00. The summed E-state index contributed by atoms with van der Waals surface area (Å²) in [6.07, 6.45) is 11.7. The molecule has 0 unspecified atom stereocenters. The van der Waals surface area contributed by atoms with Crippen molar-refractivity contribution in [3.05, 3.63) is 114 Å². The molecule has 0 spiro atoms. The molecule has 0 N–H and O–H groups in total. The maximum Gasteiger partial charge on any atom is 0.0242 e. The van der Waals surface area contributed by atoms with Crippen LogP contribution in [-0.4, -0.2) is 0 Å². The Bertz CT molecular complexity index is 747. The highest BCUT2D eigenvalue weighted by Crippen LogP contribution is 2.06. The van der Waals surface area contributed by atoms with E-state index in [0.29, 0.717) is 0 Å². The number of hydrogen-bond acceptors (Lipinski definition) is 0. The Morgan fingerprint density at radius 3 is 1.79 bits per heavy atom. The van der Waals surface area contributed by atoms with E-state index in [4.69, 9.17) is 6.42 Å². The second kappa shape index (κ2) is 10.6. The Morgan fingerprint density at radius 2 is 1.25 bits per heavy atom. The Balaban J connectivity index is 0.000000219. The lowest BCUT2D eigenvalue weighted by atomic mass is 10.1. The van der Waals surface area contributed by atoms with E-state index in [-0.39, 0.29) is 0 Å². The normalized spacial score (nSPS) is 9.79. The molecule has 0 fully saturated rings. The van der Waals surface area contributed by atoms with Crippen LogP contribution < -0.4 is 0 Å². The Morgan fingerprint density at radius 1 is 0.708 bits per heavy atom. The van der Waals surface area contributed by atoms with E-state index < -0.39 is 0 Å². The molecule has 0 aliphatic carbocycles. The highest BCUT2D eigenvalue weighted by Gasteiger charge is 1.88. The standard InChI is InChI=1S/C16H16.C8H6/c1-3-9-15(10-4-1)13-7-8-14-16-11-5-2-6-12-16;1-2-8-6-4-3-5-7-8/h1-7,9-13H,8,14H2;1,3-7H. The third kappa shape index (κ3) is 6.81. The zero-order valence-corrected chi connectivity index (χ0v) is 13.8. The average Bonchev–Trinajstić information content (AvgIpc) is 2.68. The fourth-order valence-corrected chi connectivity index (χ4v) is 2.21. The molecule has 0 saturated carbocycles. The zero-order chi connectivity index (χ0) is 16.9. The first-order valence-corrected chi connectivity index (χ1v) is 8.15. The molecule has 0 saturated heterocycles. The van der Waals surface area contributed by atoms with E-state index in [9.17, 15) is 0 Å². The van der Waals surface area contributed by atoms with Gasteiger partial charge in [-0.15, -0.1) is 6.42 Å². The second-order valence-corrected chi connectivity index (χ2v) is 5.35. The molecule has 3 aromatic carbocycles. The van der Waals surface area contributed by atoms with Crippen LogP contribution in [0.5, 0.6) is 0 Å². The molecule has 0 radical (unpaired) electrons. The summed E-state index contributed by atoms with van der Waals surface area (Å²) < 4.78 is 0. The first-order valence-electron chi connectivity index (χ1n) is 8.15. The molecule has 0 bridgehead atoms. The maximum atomic E-state index is 5.10. The van der Waals surface area contributed by atoms with E-state index in [1.54, 1.807) is 0 Å². The van der Waals surface area contributed by atoms with Crippen molar-refractivity contribution < 1.29 is 0 Å². The molecule has 0 nitrogen and oxygen atoms in total. The van der Waals surface area contributed by atoms with E-state index in [2.05, 4.69) is 72.7 Å². The molecule has 24 heavy (non-hydrogen) atoms. The summed E-state index contributed by atoms with van der Waals surface area (Å²) in [7, 11) is 0. The van der Waals surface area contributed by atoms with Gasteiger partial charge in [0.15, 0.2) is 0 Å². The van der Waals surface area contributed by atoms with Crippen molar-refractivity contribution in [3.8, 4) is 12.3 Å². The summed E-state index contributed by atoms with van der Waals surface area (Å²) in [5, 5.41) is 0. The molecule has 0 atom stereocenters. The summed E-state index contributed by atoms with van der Waals surface area (Å²) in [5.74, 6) is 2.53. The van der Waals surface area contributed by atoms with Gasteiger partial charge in [0.25, 0.3) is 0 Å². The minimum Gasteiger partial charge on any atom is -0.115 e. The van der Waals surface area contributed by atoms with Gasteiger partial charge < -0.3 is 0 Å². The number of rotatable bonds is 4. The first kappa shape index (κ1) is 17.3. The van der Waals surface area contributed by atoms with Crippen molar-refractivity contribution in [2.45, 2.75) is 12.8 Å². The summed E-state index contributed by atoms with van der Waals surface area (Å²) >= 11 is 0. The van der Waals surface area contributed by atoms with Crippen LogP contribution in [-0.2, 0) is 6.42 Å². The van der Waals surface area contributed by atoms with Gasteiger partial charge in [-0.3, -0.25) is 0 Å². The van der Waals surface area contributed by atoms with Crippen LogP contribution in [0.2, 0.25) is 0 Å². The van der Waals surface area contributed by atoms with Gasteiger partial charge in [0.1, 0.15) is 0 Å². The Labute approximate surface area is 145 Å². The van der Waals surface area contributed by atoms with Crippen molar-refractivity contribution in [3.63, 3.8) is 0 Å². The maximum absolute atomic E-state index is 5.10. The van der Waals surface area contributed by atoms with Gasteiger partial charge in [-0.2, -0.15) is 0 Å². The average molecular weight is 310 g/mol. The SMILES string of the molecule is C#Cc1ccccc1.C(=Cc1ccccc1)CCc1ccccc1. The van der Waals surface area contributed by atoms with Crippen LogP contribution in [0.4, 0.5) is 0 Å². The predicted molar refractivity (Wildman–Crippen MR) is 105 cm³/mol. The Hall–Kier alpha value is -3.04. The van der Waals surface area contributed by atoms with E-state index in [1.807, 2.05) is 36.4 Å². The largest absolute Gasteiger partial charge is 0.115 e. The van der Waals surface area contributed by atoms with Gasteiger partial charge in [0.2, 0.25) is 0 Å². The molecule has 0 amide bonds. The van der Waals surface area contributed by atoms with E-state index in [1.165, 1.54) is 11.1 Å². The molecule has 3 rings (SSSR count). The van der Waals surface area contributed by atoms with Crippen molar-refractivity contribution >= 4 is 6.08 Å². The van der Waals surface area contributed by atoms with Crippen molar-refractivity contribution in [2.24, 2.45) is 0 Å². The quantitative estimate of drug-likeness (QED) is 0.518. The highest BCUT2D eigenvalue weighted by atomic mass is 13.9. The lowest BCUT2D eigenvalue weighted by Crippen LogP contribution is -1.81. The van der Waals surface area contributed by atoms with Crippen molar-refractivity contribution in [2.75, 3.05) is 0 Å². The fraction of sp³-hybridized carbons (Fsp3) is 0.0833. The zero-order valence-electron chi connectivity index (χ0n) is 13.8. The monoisotopic (exact) mass is 310 g/mol. The molecule has 118 valence electrons. The summed E-state index contributed by atoms with van der Waals surface area (Å²) in [6, 6.07) is 30.6. The van der Waals surface area contributed by atoms with Crippen LogP contribution in [0.15, 0.2) is 97.1 Å². The second-order valence-electron chi connectivity index (χ2n) is 5.35. The van der Waals surface area contributed by atoms with Crippen LogP contribution in [0.25, 0.3) is 6.08 Å². The molecule has 0 heteroatoms. The molecular formula is C24H22. The number of allylic oxidation sites excluding steroid dienone is 1. The number of terminal acetylenes is 1. The summed E-state index contributed by atoms with van der Waals surface area (Å²) in [5.41, 5.74) is 3.61. The topological polar surface area (TPSA) is 0 Å². The minimum atomic E-state index is 0.938. The smallest absolute Gasteiger partial charge is 0.0242 e. The van der Waals surface area contributed by atoms with Crippen LogP contribution in [0.1, 0.15) is 23.1 Å². The number of aryl methyl sites for hydroxylation is 1. The molecule has 3 aromatic rings. The van der Waals surface area contributed by atoms with Crippen molar-refractivity contribution in [1.82, 2.24) is 0 Å². The summed E-state index contributed by atoms with van der Waals surface area (Å²) in [6.45, 7) is 0. The van der Waals surface area contributed by atoms with Crippen LogP contribution in [0.3, 0.4) is 0 Å². The van der Waals surface area contributed by atoms with Crippen molar-refractivity contribution in [1.29, 1.82) is 0 Å². The van der Waals surface area contributed by atoms with Gasteiger partial charge in [-0.25, -0.2) is 0 Å². The highest BCUT2D eigenvalue weighted by molar-refractivity contribution is 5.48. The minimum absolute atomic E-state index is 0.938. The Kier molecular flexibility index (Phi) is 7.68. The van der Waals surface area contributed by atoms with Gasteiger partial charge >= 0.3 is 0 Å². The fourth-order valence-electron chi connectivity index (χ4n) is 2.21. The van der Waals surface area contributed by atoms with Crippen LogP contribution in [0, 0.1) is 12.3 Å². The van der Waals surface area contributed by atoms with E-state index >= 15 is 0 Å². The third-order valence-electron chi connectivity index (χ3n) is 3.49. The summed E-state index contributed by atoms with van der Waals surface area (Å²) in [4.78, 5) is 0.